The summed E-state index contributed by atoms with van der Waals surface area (Å²) in [5.74, 6) is 0.732. The lowest BCUT2D eigenvalue weighted by Crippen LogP contribution is -2.45. The SMILES string of the molecule is CCOC(=O)N1CCC(NCCC(=O)Nc2ccc(OC)cc2)CC1. The lowest BCUT2D eigenvalue weighted by Gasteiger charge is -2.31. The molecule has 0 atom stereocenters. The molecule has 1 fully saturated rings. The Balaban J connectivity index is 1.62. The zero-order chi connectivity index (χ0) is 18.1. The molecule has 0 aromatic heterocycles. The Labute approximate surface area is 148 Å². The third kappa shape index (κ3) is 6.26. The number of rotatable bonds is 7. The lowest BCUT2D eigenvalue weighted by atomic mass is 10.1. The summed E-state index contributed by atoms with van der Waals surface area (Å²) in [5.41, 5.74) is 0.758. The third-order valence-electron chi connectivity index (χ3n) is 4.18. The topological polar surface area (TPSA) is 79.9 Å². The summed E-state index contributed by atoms with van der Waals surface area (Å²) in [7, 11) is 1.61. The minimum atomic E-state index is -0.236. The van der Waals surface area contributed by atoms with Crippen LogP contribution in [0.4, 0.5) is 10.5 Å². The normalized spacial score (nSPS) is 14.9. The van der Waals surface area contributed by atoms with Gasteiger partial charge in [0, 0.05) is 37.8 Å². The predicted molar refractivity (Wildman–Crippen MR) is 95.9 cm³/mol. The fourth-order valence-corrected chi connectivity index (χ4v) is 2.77. The Morgan fingerprint density at radius 2 is 1.88 bits per heavy atom. The molecular formula is C18H27N3O4. The van der Waals surface area contributed by atoms with Crippen molar-refractivity contribution < 1.29 is 19.1 Å². The van der Waals surface area contributed by atoms with E-state index in [9.17, 15) is 9.59 Å². The number of piperidine rings is 1. The number of nitrogens with one attached hydrogen (secondary N) is 2. The van der Waals surface area contributed by atoms with Crippen LogP contribution >= 0.6 is 0 Å². The first-order valence-corrected chi connectivity index (χ1v) is 8.71. The molecule has 1 saturated heterocycles. The second kappa shape index (κ2) is 9.88. The van der Waals surface area contributed by atoms with Crippen molar-refractivity contribution in [3.63, 3.8) is 0 Å². The van der Waals surface area contributed by atoms with Crippen LogP contribution in [0.5, 0.6) is 5.75 Å². The summed E-state index contributed by atoms with van der Waals surface area (Å²) in [6.07, 6.45) is 1.92. The van der Waals surface area contributed by atoms with Crippen LogP contribution < -0.4 is 15.4 Å². The van der Waals surface area contributed by atoms with Crippen LogP contribution in [0.15, 0.2) is 24.3 Å². The molecule has 1 aromatic rings. The van der Waals surface area contributed by atoms with Gasteiger partial charge in [0.2, 0.25) is 5.91 Å². The van der Waals surface area contributed by atoms with Crippen molar-refractivity contribution in [2.45, 2.75) is 32.2 Å². The molecule has 0 bridgehead atoms. The van der Waals surface area contributed by atoms with E-state index in [0.717, 1.165) is 24.3 Å². The van der Waals surface area contributed by atoms with Gasteiger partial charge in [-0.25, -0.2) is 4.79 Å². The van der Waals surface area contributed by atoms with Gasteiger partial charge in [0.05, 0.1) is 13.7 Å². The molecule has 0 unspecified atom stereocenters. The van der Waals surface area contributed by atoms with Crippen molar-refractivity contribution in [2.24, 2.45) is 0 Å². The number of nitrogens with zero attached hydrogens (tertiary/aromatic N) is 1. The van der Waals surface area contributed by atoms with Gasteiger partial charge in [0.25, 0.3) is 0 Å². The lowest BCUT2D eigenvalue weighted by molar-refractivity contribution is -0.116. The molecule has 1 heterocycles. The van der Waals surface area contributed by atoms with Crippen molar-refractivity contribution >= 4 is 17.7 Å². The minimum Gasteiger partial charge on any atom is -0.497 e. The maximum atomic E-state index is 12.0. The largest absolute Gasteiger partial charge is 0.497 e. The average Bonchev–Trinajstić information content (AvgIpc) is 2.63. The van der Waals surface area contributed by atoms with Gasteiger partial charge in [-0.3, -0.25) is 4.79 Å². The Morgan fingerprint density at radius 3 is 2.48 bits per heavy atom. The Kier molecular flexibility index (Phi) is 7.53. The second-order valence-corrected chi connectivity index (χ2v) is 5.94. The monoisotopic (exact) mass is 349 g/mol. The maximum absolute atomic E-state index is 12.0. The minimum absolute atomic E-state index is 0.0263. The van der Waals surface area contributed by atoms with Gasteiger partial charge in [-0.1, -0.05) is 0 Å². The van der Waals surface area contributed by atoms with Crippen LogP contribution in [0.3, 0.4) is 0 Å². The van der Waals surface area contributed by atoms with Gasteiger partial charge in [0.1, 0.15) is 5.75 Å². The number of carbonyl (C=O) groups is 2. The number of hydrogen-bond acceptors (Lipinski definition) is 5. The van der Waals surface area contributed by atoms with Gasteiger partial charge < -0.3 is 25.0 Å². The first kappa shape index (κ1) is 19.1. The second-order valence-electron chi connectivity index (χ2n) is 5.94. The molecule has 1 aliphatic heterocycles. The molecule has 2 N–H and O–H groups in total. The highest BCUT2D eigenvalue weighted by molar-refractivity contribution is 5.90. The number of ether oxygens (including phenoxy) is 2. The molecule has 7 nitrogen and oxygen atoms in total. The van der Waals surface area contributed by atoms with Crippen LogP contribution in [0.2, 0.25) is 0 Å². The molecule has 2 rings (SSSR count). The molecule has 0 aliphatic carbocycles. The molecule has 25 heavy (non-hydrogen) atoms. The maximum Gasteiger partial charge on any atom is 0.409 e. The summed E-state index contributed by atoms with van der Waals surface area (Å²) in [6, 6.07) is 7.58. The summed E-state index contributed by atoms with van der Waals surface area (Å²) in [6.45, 7) is 4.21. The highest BCUT2D eigenvalue weighted by Crippen LogP contribution is 2.15. The van der Waals surface area contributed by atoms with E-state index in [4.69, 9.17) is 9.47 Å². The van der Waals surface area contributed by atoms with Gasteiger partial charge in [-0.15, -0.1) is 0 Å². The summed E-state index contributed by atoms with van der Waals surface area (Å²) in [5, 5.41) is 6.25. The number of carbonyl (C=O) groups excluding carboxylic acids is 2. The smallest absolute Gasteiger partial charge is 0.409 e. The van der Waals surface area contributed by atoms with E-state index in [2.05, 4.69) is 10.6 Å². The predicted octanol–water partition coefficient (Wildman–Crippen LogP) is 2.23. The van der Waals surface area contributed by atoms with Crippen molar-refractivity contribution in [3.8, 4) is 5.75 Å². The molecule has 1 aliphatic rings. The quantitative estimate of drug-likeness (QED) is 0.789. The molecule has 0 radical (unpaired) electrons. The van der Waals surface area contributed by atoms with Gasteiger partial charge in [-0.05, 0) is 44.0 Å². The van der Waals surface area contributed by atoms with E-state index in [1.54, 1.807) is 12.0 Å². The van der Waals surface area contributed by atoms with E-state index < -0.39 is 0 Å². The highest BCUT2D eigenvalue weighted by atomic mass is 16.6. The summed E-state index contributed by atoms with van der Waals surface area (Å²) >= 11 is 0. The van der Waals surface area contributed by atoms with E-state index in [1.807, 2.05) is 31.2 Å². The Morgan fingerprint density at radius 1 is 1.20 bits per heavy atom. The molecule has 1 aromatic carbocycles. The summed E-state index contributed by atoms with van der Waals surface area (Å²) in [4.78, 5) is 25.3. The zero-order valence-corrected chi connectivity index (χ0v) is 14.9. The van der Waals surface area contributed by atoms with Crippen molar-refractivity contribution in [3.05, 3.63) is 24.3 Å². The van der Waals surface area contributed by atoms with Crippen molar-refractivity contribution in [1.29, 1.82) is 0 Å². The van der Waals surface area contributed by atoms with E-state index in [0.29, 0.717) is 38.7 Å². The van der Waals surface area contributed by atoms with Crippen molar-refractivity contribution in [2.75, 3.05) is 38.7 Å². The number of methoxy groups -OCH3 is 1. The van der Waals surface area contributed by atoms with Crippen molar-refractivity contribution in [1.82, 2.24) is 10.2 Å². The van der Waals surface area contributed by atoms with Gasteiger partial charge >= 0.3 is 6.09 Å². The molecule has 2 amide bonds. The van der Waals surface area contributed by atoms with E-state index >= 15 is 0 Å². The van der Waals surface area contributed by atoms with Crippen LogP contribution in [-0.4, -0.2) is 56.3 Å². The van der Waals surface area contributed by atoms with Crippen LogP contribution in [-0.2, 0) is 9.53 Å². The first-order valence-electron chi connectivity index (χ1n) is 8.71. The number of likely N-dealkylation sites (tertiary alicyclic amines) is 1. The average molecular weight is 349 g/mol. The van der Waals surface area contributed by atoms with E-state index in [1.165, 1.54) is 0 Å². The van der Waals surface area contributed by atoms with Gasteiger partial charge in [-0.2, -0.15) is 0 Å². The number of hydrogen-bond donors (Lipinski definition) is 2. The van der Waals surface area contributed by atoms with Crippen LogP contribution in [0, 0.1) is 0 Å². The van der Waals surface area contributed by atoms with Gasteiger partial charge in [0.15, 0.2) is 0 Å². The number of amides is 2. The third-order valence-corrected chi connectivity index (χ3v) is 4.18. The fraction of sp³-hybridized carbons (Fsp3) is 0.556. The molecule has 0 spiro atoms. The van der Waals surface area contributed by atoms with E-state index in [-0.39, 0.29) is 12.0 Å². The first-order chi connectivity index (χ1) is 12.1. The Bertz CT molecular complexity index is 554. The fourth-order valence-electron chi connectivity index (χ4n) is 2.77. The number of benzene rings is 1. The molecular weight excluding hydrogens is 322 g/mol. The summed E-state index contributed by atoms with van der Waals surface area (Å²) < 4.78 is 10.1. The van der Waals surface area contributed by atoms with Crippen LogP contribution in [0.1, 0.15) is 26.2 Å². The highest BCUT2D eigenvalue weighted by Gasteiger charge is 2.23. The number of anilines is 1. The molecule has 0 saturated carbocycles. The Hall–Kier alpha value is -2.28. The molecule has 138 valence electrons. The van der Waals surface area contributed by atoms with Crippen LogP contribution in [0.25, 0.3) is 0 Å². The molecule has 7 heteroatoms. The zero-order valence-electron chi connectivity index (χ0n) is 14.9. The standard InChI is InChI=1S/C18H27N3O4/c1-3-25-18(23)21-12-9-14(10-13-21)19-11-8-17(22)20-15-4-6-16(24-2)7-5-15/h4-7,14,19H,3,8-13H2,1-2H3,(H,20,22).